The van der Waals surface area contributed by atoms with E-state index >= 15 is 0 Å². The monoisotopic (exact) mass is 450 g/mol. The van der Waals surface area contributed by atoms with Crippen LogP contribution in [0.2, 0.25) is 5.02 Å². The zero-order chi connectivity index (χ0) is 13.8. The van der Waals surface area contributed by atoms with E-state index in [-0.39, 0.29) is 6.03 Å². The second-order valence-electron chi connectivity index (χ2n) is 3.72. The van der Waals surface area contributed by atoms with Crippen LogP contribution in [0.4, 0.5) is 16.2 Å². The number of nitrogens with one attached hydrogen (secondary N) is 2. The van der Waals surface area contributed by atoms with Crippen molar-refractivity contribution in [2.45, 2.75) is 0 Å². The van der Waals surface area contributed by atoms with E-state index in [9.17, 15) is 4.79 Å². The third-order valence-corrected chi connectivity index (χ3v) is 4.83. The van der Waals surface area contributed by atoms with Crippen LogP contribution in [0.15, 0.2) is 46.9 Å². The van der Waals surface area contributed by atoms with Crippen LogP contribution >= 0.6 is 50.1 Å². The molecule has 2 aromatic rings. The van der Waals surface area contributed by atoms with Gasteiger partial charge in [0, 0.05) is 24.4 Å². The van der Waals surface area contributed by atoms with E-state index in [0.29, 0.717) is 16.4 Å². The molecule has 2 rings (SSSR count). The van der Waals surface area contributed by atoms with Gasteiger partial charge in [0.1, 0.15) is 0 Å². The summed E-state index contributed by atoms with van der Waals surface area (Å²) in [5.41, 5.74) is 1.36. The first-order valence-electron chi connectivity index (χ1n) is 5.33. The Balaban J connectivity index is 2.03. The van der Waals surface area contributed by atoms with E-state index in [4.69, 9.17) is 11.6 Å². The fraction of sp³-hybridized carbons (Fsp3) is 0. The van der Waals surface area contributed by atoms with Crippen molar-refractivity contribution in [3.8, 4) is 0 Å². The van der Waals surface area contributed by atoms with Gasteiger partial charge in [0.05, 0.1) is 0 Å². The highest BCUT2D eigenvalue weighted by molar-refractivity contribution is 14.1. The fourth-order valence-electron chi connectivity index (χ4n) is 1.43. The van der Waals surface area contributed by atoms with Crippen LogP contribution in [0.5, 0.6) is 0 Å². The van der Waals surface area contributed by atoms with Crippen LogP contribution in [0.3, 0.4) is 0 Å². The van der Waals surface area contributed by atoms with Crippen LogP contribution in [0, 0.1) is 3.57 Å². The number of hydrogen-bond acceptors (Lipinski definition) is 1. The van der Waals surface area contributed by atoms with Gasteiger partial charge >= 0.3 is 6.03 Å². The summed E-state index contributed by atoms with van der Waals surface area (Å²) in [6.45, 7) is 0. The van der Waals surface area contributed by atoms with Gasteiger partial charge < -0.3 is 10.6 Å². The lowest BCUT2D eigenvalue weighted by Crippen LogP contribution is -2.19. The van der Waals surface area contributed by atoms with E-state index in [1.165, 1.54) is 0 Å². The van der Waals surface area contributed by atoms with Crippen molar-refractivity contribution in [2.24, 2.45) is 0 Å². The number of halogens is 3. The molecule has 0 heterocycles. The lowest BCUT2D eigenvalue weighted by atomic mass is 10.3. The minimum atomic E-state index is -0.310. The van der Waals surface area contributed by atoms with E-state index in [1.54, 1.807) is 24.3 Å². The molecule has 0 bridgehead atoms. The van der Waals surface area contributed by atoms with E-state index < -0.39 is 0 Å². The number of carbonyl (C=O) groups excluding carboxylic acids is 1. The average Bonchev–Trinajstić information content (AvgIpc) is 2.34. The van der Waals surface area contributed by atoms with Gasteiger partial charge in [-0.25, -0.2) is 4.79 Å². The lowest BCUT2D eigenvalue weighted by Gasteiger charge is -2.08. The third kappa shape index (κ3) is 4.36. The van der Waals surface area contributed by atoms with Crippen LogP contribution in [0.1, 0.15) is 0 Å². The highest BCUT2D eigenvalue weighted by Crippen LogP contribution is 2.23. The van der Waals surface area contributed by atoms with E-state index in [2.05, 4.69) is 49.2 Å². The van der Waals surface area contributed by atoms with Gasteiger partial charge in [-0.1, -0.05) is 17.7 Å². The molecule has 0 saturated heterocycles. The zero-order valence-corrected chi connectivity index (χ0v) is 14.1. The van der Waals surface area contributed by atoms with Crippen molar-refractivity contribution in [1.29, 1.82) is 0 Å². The molecule has 98 valence electrons. The van der Waals surface area contributed by atoms with Gasteiger partial charge in [-0.2, -0.15) is 0 Å². The number of benzene rings is 2. The summed E-state index contributed by atoms with van der Waals surface area (Å²) in [5.74, 6) is 0. The topological polar surface area (TPSA) is 41.1 Å². The van der Waals surface area contributed by atoms with Crippen molar-refractivity contribution in [3.63, 3.8) is 0 Å². The Labute approximate surface area is 138 Å². The number of rotatable bonds is 2. The maximum atomic E-state index is 11.8. The first kappa shape index (κ1) is 14.6. The summed E-state index contributed by atoms with van der Waals surface area (Å²) in [4.78, 5) is 11.8. The molecule has 0 aliphatic rings. The molecule has 2 amide bonds. The molecular weight excluding hydrogens is 442 g/mol. The first-order valence-corrected chi connectivity index (χ1v) is 7.58. The number of urea groups is 1. The fourth-order valence-corrected chi connectivity index (χ4v) is 2.34. The average molecular weight is 451 g/mol. The summed E-state index contributed by atoms with van der Waals surface area (Å²) >= 11 is 11.5. The Kier molecular flexibility index (Phi) is 5.06. The van der Waals surface area contributed by atoms with Gasteiger partial charge in [0.2, 0.25) is 0 Å². The molecule has 2 N–H and O–H groups in total. The van der Waals surface area contributed by atoms with Gasteiger partial charge in [-0.15, -0.1) is 0 Å². The summed E-state index contributed by atoms with van der Waals surface area (Å²) in [6.07, 6.45) is 0. The molecule has 2 aromatic carbocycles. The summed E-state index contributed by atoms with van der Waals surface area (Å²) in [7, 11) is 0. The van der Waals surface area contributed by atoms with Crippen molar-refractivity contribution in [3.05, 3.63) is 55.5 Å². The second-order valence-corrected chi connectivity index (χ2v) is 6.17. The van der Waals surface area contributed by atoms with Crippen molar-refractivity contribution >= 4 is 67.5 Å². The predicted molar refractivity (Wildman–Crippen MR) is 91.0 cm³/mol. The van der Waals surface area contributed by atoms with Crippen LogP contribution < -0.4 is 10.6 Å². The largest absolute Gasteiger partial charge is 0.323 e. The highest BCUT2D eigenvalue weighted by atomic mass is 127. The van der Waals surface area contributed by atoms with Crippen LogP contribution in [-0.4, -0.2) is 6.03 Å². The van der Waals surface area contributed by atoms with Crippen LogP contribution in [0.25, 0.3) is 0 Å². The van der Waals surface area contributed by atoms with Crippen molar-refractivity contribution in [2.75, 3.05) is 10.6 Å². The van der Waals surface area contributed by atoms with Gasteiger partial charge in [-0.3, -0.25) is 0 Å². The SMILES string of the molecule is O=C(Nc1cccc(Cl)c1)Nc1ccc(I)c(Br)c1. The smallest absolute Gasteiger partial charge is 0.308 e. The minimum absolute atomic E-state index is 0.310. The maximum absolute atomic E-state index is 11.8. The Bertz CT molecular complexity index is 621. The molecule has 0 unspecified atom stereocenters. The van der Waals surface area contributed by atoms with Crippen molar-refractivity contribution < 1.29 is 4.79 Å². The van der Waals surface area contributed by atoms with E-state index in [1.807, 2.05) is 18.2 Å². The molecule has 6 heteroatoms. The number of hydrogen-bond donors (Lipinski definition) is 2. The number of anilines is 2. The standard InChI is InChI=1S/C13H9BrClIN2O/c14-11-7-10(4-5-12(11)16)18-13(19)17-9-3-1-2-8(15)6-9/h1-7H,(H2,17,18,19). The van der Waals surface area contributed by atoms with Gasteiger partial charge in [-0.05, 0) is 74.9 Å². The van der Waals surface area contributed by atoms with Crippen LogP contribution in [-0.2, 0) is 0 Å². The molecule has 0 aliphatic heterocycles. The quantitative estimate of drug-likeness (QED) is 0.594. The lowest BCUT2D eigenvalue weighted by molar-refractivity contribution is 0.262. The molecular formula is C13H9BrClIN2O. The molecule has 0 atom stereocenters. The Morgan fingerprint density at radius 3 is 2.42 bits per heavy atom. The highest BCUT2D eigenvalue weighted by Gasteiger charge is 2.04. The Morgan fingerprint density at radius 2 is 1.79 bits per heavy atom. The molecule has 0 saturated carbocycles. The Morgan fingerprint density at radius 1 is 1.11 bits per heavy atom. The van der Waals surface area contributed by atoms with Crippen molar-refractivity contribution in [1.82, 2.24) is 0 Å². The molecule has 19 heavy (non-hydrogen) atoms. The summed E-state index contributed by atoms with van der Waals surface area (Å²) < 4.78 is 2.02. The molecule has 0 fully saturated rings. The maximum Gasteiger partial charge on any atom is 0.323 e. The van der Waals surface area contributed by atoms with Gasteiger partial charge in [0.15, 0.2) is 0 Å². The summed E-state index contributed by atoms with van der Waals surface area (Å²) in [6, 6.07) is 12.3. The number of carbonyl (C=O) groups is 1. The minimum Gasteiger partial charge on any atom is -0.308 e. The molecule has 0 spiro atoms. The summed E-state index contributed by atoms with van der Waals surface area (Å²) in [5, 5.41) is 6.04. The molecule has 3 nitrogen and oxygen atoms in total. The third-order valence-electron chi connectivity index (χ3n) is 2.26. The second kappa shape index (κ2) is 6.58. The molecule has 0 aliphatic carbocycles. The Hall–Kier alpha value is -0.790. The normalized spacial score (nSPS) is 10.1. The molecule has 0 aromatic heterocycles. The van der Waals surface area contributed by atoms with Gasteiger partial charge in [0.25, 0.3) is 0 Å². The molecule has 0 radical (unpaired) electrons. The zero-order valence-electron chi connectivity index (χ0n) is 9.58. The van der Waals surface area contributed by atoms with E-state index in [0.717, 1.165) is 8.04 Å². The first-order chi connectivity index (χ1) is 9.04. The number of amides is 2. The predicted octanol–water partition coefficient (Wildman–Crippen LogP) is 5.35.